The highest BCUT2D eigenvalue weighted by molar-refractivity contribution is 7.10. The van der Waals surface area contributed by atoms with E-state index in [9.17, 15) is 4.79 Å². The van der Waals surface area contributed by atoms with Crippen LogP contribution in [-0.2, 0) is 19.4 Å². The van der Waals surface area contributed by atoms with E-state index in [1.54, 1.807) is 0 Å². The summed E-state index contributed by atoms with van der Waals surface area (Å²) in [6, 6.07) is 1.90. The van der Waals surface area contributed by atoms with Crippen molar-refractivity contribution in [2.24, 2.45) is 0 Å². The second kappa shape index (κ2) is 5.30. The first-order valence-corrected chi connectivity index (χ1v) is 8.61. The Labute approximate surface area is 128 Å². The highest BCUT2D eigenvalue weighted by Crippen LogP contribution is 2.39. The van der Waals surface area contributed by atoms with Crippen molar-refractivity contribution in [3.8, 4) is 0 Å². The topological polar surface area (TPSA) is 57.8 Å². The van der Waals surface area contributed by atoms with Crippen molar-refractivity contribution < 1.29 is 4.79 Å². The van der Waals surface area contributed by atoms with Gasteiger partial charge < -0.3 is 5.32 Å². The molecule has 2 aliphatic carbocycles. The van der Waals surface area contributed by atoms with Gasteiger partial charge in [0.1, 0.15) is 5.69 Å². The first kappa shape index (κ1) is 13.1. The molecule has 2 aliphatic rings. The number of nitrogens with zero attached hydrogens (tertiary/aromatic N) is 1. The van der Waals surface area contributed by atoms with E-state index < -0.39 is 0 Å². The third-order valence-corrected chi connectivity index (χ3v) is 5.57. The molecule has 0 bridgehead atoms. The first-order chi connectivity index (χ1) is 10.3. The molecule has 1 fully saturated rings. The lowest BCUT2D eigenvalue weighted by Gasteiger charge is -2.12. The molecule has 0 unspecified atom stereocenters. The monoisotopic (exact) mass is 301 g/mol. The Morgan fingerprint density at radius 2 is 2.24 bits per heavy atom. The number of carbonyl (C=O) groups excluding carboxylic acids is 1. The SMILES string of the molecule is O=C(NCc1csc2c1CCCC2)c1cc(C2CC2)[nH]n1. The maximum Gasteiger partial charge on any atom is 0.272 e. The van der Waals surface area contributed by atoms with Gasteiger partial charge in [0.2, 0.25) is 0 Å². The molecule has 0 atom stereocenters. The molecule has 2 aromatic heterocycles. The van der Waals surface area contributed by atoms with Gasteiger partial charge in [-0.2, -0.15) is 5.10 Å². The smallest absolute Gasteiger partial charge is 0.272 e. The molecule has 0 spiro atoms. The molecule has 1 saturated carbocycles. The van der Waals surface area contributed by atoms with E-state index in [4.69, 9.17) is 0 Å². The van der Waals surface area contributed by atoms with Crippen LogP contribution >= 0.6 is 11.3 Å². The summed E-state index contributed by atoms with van der Waals surface area (Å²) in [6.07, 6.45) is 7.37. The molecule has 0 aliphatic heterocycles. The predicted molar refractivity (Wildman–Crippen MR) is 82.7 cm³/mol. The number of thiophene rings is 1. The molecule has 21 heavy (non-hydrogen) atoms. The number of hydrogen-bond donors (Lipinski definition) is 2. The average molecular weight is 301 g/mol. The number of aromatic nitrogens is 2. The summed E-state index contributed by atoms with van der Waals surface area (Å²) in [4.78, 5) is 13.7. The highest BCUT2D eigenvalue weighted by atomic mass is 32.1. The average Bonchev–Trinajstić information content (AvgIpc) is 3.11. The number of nitrogens with one attached hydrogen (secondary N) is 2. The van der Waals surface area contributed by atoms with Crippen molar-refractivity contribution in [3.63, 3.8) is 0 Å². The van der Waals surface area contributed by atoms with E-state index in [0.29, 0.717) is 18.2 Å². The van der Waals surface area contributed by atoms with Crippen LogP contribution in [0.4, 0.5) is 0 Å². The minimum absolute atomic E-state index is 0.0751. The van der Waals surface area contributed by atoms with Gasteiger partial charge in [-0.25, -0.2) is 0 Å². The minimum atomic E-state index is -0.0751. The zero-order chi connectivity index (χ0) is 14.2. The normalized spacial score (nSPS) is 17.5. The fourth-order valence-corrected chi connectivity index (χ4v) is 4.18. The molecule has 110 valence electrons. The Bertz CT molecular complexity index is 669. The Balaban J connectivity index is 1.41. The summed E-state index contributed by atoms with van der Waals surface area (Å²) >= 11 is 1.84. The molecule has 0 saturated heterocycles. The van der Waals surface area contributed by atoms with Gasteiger partial charge in [-0.3, -0.25) is 9.89 Å². The Hall–Kier alpha value is -1.62. The van der Waals surface area contributed by atoms with Gasteiger partial charge in [-0.05, 0) is 61.1 Å². The zero-order valence-corrected chi connectivity index (χ0v) is 12.8. The van der Waals surface area contributed by atoms with Gasteiger partial charge in [0.15, 0.2) is 0 Å². The zero-order valence-electron chi connectivity index (χ0n) is 11.9. The number of hydrogen-bond acceptors (Lipinski definition) is 3. The van der Waals surface area contributed by atoms with Crippen molar-refractivity contribution >= 4 is 17.2 Å². The first-order valence-electron chi connectivity index (χ1n) is 7.73. The van der Waals surface area contributed by atoms with Crippen LogP contribution in [0.5, 0.6) is 0 Å². The van der Waals surface area contributed by atoms with Crippen molar-refractivity contribution in [1.29, 1.82) is 0 Å². The number of H-pyrrole nitrogens is 1. The minimum Gasteiger partial charge on any atom is -0.347 e. The van der Waals surface area contributed by atoms with Crippen LogP contribution in [0.1, 0.15) is 63.8 Å². The number of amides is 1. The molecule has 1 amide bonds. The van der Waals surface area contributed by atoms with Crippen molar-refractivity contribution in [2.45, 2.75) is 51.0 Å². The summed E-state index contributed by atoms with van der Waals surface area (Å²) in [6.45, 7) is 0.621. The van der Waals surface area contributed by atoms with E-state index in [1.807, 2.05) is 17.4 Å². The summed E-state index contributed by atoms with van der Waals surface area (Å²) in [5.74, 6) is 0.525. The van der Waals surface area contributed by atoms with Gasteiger partial charge in [-0.15, -0.1) is 11.3 Å². The molecule has 4 nitrogen and oxygen atoms in total. The van der Waals surface area contributed by atoms with E-state index in [-0.39, 0.29) is 5.91 Å². The van der Waals surface area contributed by atoms with E-state index >= 15 is 0 Å². The molecular weight excluding hydrogens is 282 g/mol. The second-order valence-corrected chi connectivity index (χ2v) is 7.00. The van der Waals surface area contributed by atoms with Crippen molar-refractivity contribution in [2.75, 3.05) is 0 Å². The standard InChI is InChI=1S/C16H19N3OS/c20-16(14-7-13(18-19-14)10-5-6-10)17-8-11-9-21-15-4-2-1-3-12(11)15/h7,9-10H,1-6,8H2,(H,17,20)(H,18,19). The van der Waals surface area contributed by atoms with Crippen molar-refractivity contribution in [3.05, 3.63) is 38.8 Å². The molecular formula is C16H19N3OS. The third kappa shape index (κ3) is 2.62. The van der Waals surface area contributed by atoms with E-state index in [0.717, 1.165) is 12.1 Å². The molecule has 2 heterocycles. The third-order valence-electron chi connectivity index (χ3n) is 4.44. The molecule has 0 aromatic carbocycles. The van der Waals surface area contributed by atoms with Crippen LogP contribution in [0, 0.1) is 0 Å². The highest BCUT2D eigenvalue weighted by Gasteiger charge is 2.26. The fourth-order valence-electron chi connectivity index (χ4n) is 3.03. The molecule has 2 aromatic rings. The summed E-state index contributed by atoms with van der Waals surface area (Å²) in [7, 11) is 0. The van der Waals surface area contributed by atoms with Gasteiger partial charge >= 0.3 is 0 Å². The van der Waals surface area contributed by atoms with Crippen LogP contribution in [0.15, 0.2) is 11.4 Å². The lowest BCUT2D eigenvalue weighted by atomic mass is 9.96. The Morgan fingerprint density at radius 1 is 1.38 bits per heavy atom. The van der Waals surface area contributed by atoms with Gasteiger partial charge in [0.25, 0.3) is 5.91 Å². The van der Waals surface area contributed by atoms with Gasteiger partial charge in [0, 0.05) is 23.0 Å². The number of aryl methyl sites for hydroxylation is 1. The number of carbonyl (C=O) groups is 1. The maximum absolute atomic E-state index is 12.2. The molecule has 4 rings (SSSR count). The van der Waals surface area contributed by atoms with Crippen LogP contribution in [0.3, 0.4) is 0 Å². The maximum atomic E-state index is 12.2. The van der Waals surface area contributed by atoms with Crippen LogP contribution < -0.4 is 5.32 Å². The lowest BCUT2D eigenvalue weighted by molar-refractivity contribution is 0.0946. The molecule has 5 heteroatoms. The lowest BCUT2D eigenvalue weighted by Crippen LogP contribution is -2.23. The Kier molecular flexibility index (Phi) is 3.30. The summed E-state index contributed by atoms with van der Waals surface area (Å²) < 4.78 is 0. The van der Waals surface area contributed by atoms with Crippen LogP contribution in [0.2, 0.25) is 0 Å². The van der Waals surface area contributed by atoms with Crippen molar-refractivity contribution in [1.82, 2.24) is 15.5 Å². The van der Waals surface area contributed by atoms with Crippen LogP contribution in [0.25, 0.3) is 0 Å². The van der Waals surface area contributed by atoms with E-state index in [2.05, 4.69) is 20.9 Å². The van der Waals surface area contributed by atoms with Gasteiger partial charge in [0.05, 0.1) is 0 Å². The molecule has 2 N–H and O–H groups in total. The quantitative estimate of drug-likeness (QED) is 0.911. The number of fused-ring (bicyclic) bond motifs is 1. The molecule has 0 radical (unpaired) electrons. The summed E-state index contributed by atoms with van der Waals surface area (Å²) in [5, 5.41) is 12.3. The number of rotatable bonds is 4. The fraction of sp³-hybridized carbons (Fsp3) is 0.500. The second-order valence-electron chi connectivity index (χ2n) is 6.04. The summed E-state index contributed by atoms with van der Waals surface area (Å²) in [5.41, 5.74) is 4.39. The Morgan fingerprint density at radius 3 is 3.10 bits per heavy atom. The number of aromatic amines is 1. The van der Waals surface area contributed by atoms with E-state index in [1.165, 1.54) is 48.1 Å². The largest absolute Gasteiger partial charge is 0.347 e. The van der Waals surface area contributed by atoms with Gasteiger partial charge in [-0.1, -0.05) is 0 Å². The predicted octanol–water partition coefficient (Wildman–Crippen LogP) is 3.16. The van der Waals surface area contributed by atoms with Crippen LogP contribution in [-0.4, -0.2) is 16.1 Å².